The summed E-state index contributed by atoms with van der Waals surface area (Å²) >= 11 is 0. The van der Waals surface area contributed by atoms with Crippen LogP contribution in [0.3, 0.4) is 0 Å². The fourth-order valence-electron chi connectivity index (χ4n) is 3.50. The number of unbranched alkanes of at least 4 members (excludes halogenated alkanes) is 2. The van der Waals surface area contributed by atoms with E-state index in [4.69, 9.17) is 0 Å². The molecule has 1 fully saturated rings. The molecule has 0 amide bonds. The van der Waals surface area contributed by atoms with E-state index in [-0.39, 0.29) is 0 Å². The van der Waals surface area contributed by atoms with Gasteiger partial charge in [-0.1, -0.05) is 26.7 Å². The van der Waals surface area contributed by atoms with Crippen molar-refractivity contribution in [3.8, 4) is 0 Å². The van der Waals surface area contributed by atoms with Gasteiger partial charge in [0.25, 0.3) is 0 Å². The summed E-state index contributed by atoms with van der Waals surface area (Å²) in [7, 11) is 0. The number of carboxylic acid groups (broad SMARTS) is 1. The molecule has 21 heavy (non-hydrogen) atoms. The van der Waals surface area contributed by atoms with E-state index >= 15 is 0 Å². The maximum absolute atomic E-state index is 11.7. The highest BCUT2D eigenvalue weighted by Gasteiger charge is 2.46. The van der Waals surface area contributed by atoms with Crippen LogP contribution in [-0.2, 0) is 4.79 Å². The van der Waals surface area contributed by atoms with Gasteiger partial charge in [0.1, 0.15) is 5.54 Å². The first-order valence-electron chi connectivity index (χ1n) is 8.71. The smallest absolute Gasteiger partial charge is 0.323 e. The van der Waals surface area contributed by atoms with Crippen molar-refractivity contribution in [3.63, 3.8) is 0 Å². The number of carboxylic acids is 1. The first kappa shape index (κ1) is 18.4. The molecule has 124 valence electrons. The van der Waals surface area contributed by atoms with Crippen molar-refractivity contribution in [1.82, 2.24) is 10.2 Å². The Balaban J connectivity index is 2.68. The maximum Gasteiger partial charge on any atom is 0.323 e. The molecule has 2 unspecified atom stereocenters. The van der Waals surface area contributed by atoms with E-state index in [9.17, 15) is 9.90 Å². The average Bonchev–Trinajstić information content (AvgIpc) is 2.86. The predicted molar refractivity (Wildman–Crippen MR) is 87.7 cm³/mol. The number of hydrogen-bond acceptors (Lipinski definition) is 3. The molecule has 4 nitrogen and oxygen atoms in total. The number of rotatable bonds is 10. The number of nitrogens with one attached hydrogen (secondary N) is 1. The zero-order chi connectivity index (χ0) is 15.9. The monoisotopic (exact) mass is 298 g/mol. The van der Waals surface area contributed by atoms with Gasteiger partial charge in [0.05, 0.1) is 0 Å². The summed E-state index contributed by atoms with van der Waals surface area (Å²) in [6.45, 7) is 10.6. The van der Waals surface area contributed by atoms with E-state index in [0.29, 0.717) is 12.1 Å². The molecule has 0 aromatic heterocycles. The van der Waals surface area contributed by atoms with Crippen LogP contribution >= 0.6 is 0 Å². The van der Waals surface area contributed by atoms with Crippen molar-refractivity contribution in [2.45, 2.75) is 90.3 Å². The third-order valence-electron chi connectivity index (χ3n) is 4.76. The van der Waals surface area contributed by atoms with Gasteiger partial charge in [0, 0.05) is 12.1 Å². The lowest BCUT2D eigenvalue weighted by atomic mass is 9.96. The number of hydrogen-bond donors (Lipinski definition) is 2. The Morgan fingerprint density at radius 1 is 1.33 bits per heavy atom. The summed E-state index contributed by atoms with van der Waals surface area (Å²) in [5.74, 6) is -0.671. The molecule has 2 atom stereocenters. The molecule has 0 aromatic carbocycles. The Labute approximate surface area is 130 Å². The summed E-state index contributed by atoms with van der Waals surface area (Å²) in [5, 5.41) is 13.0. The zero-order valence-corrected chi connectivity index (χ0v) is 14.3. The SMILES string of the molecule is CCCCCN(C(C)C)C1CCC(NCCC)(C(=O)O)C1. The van der Waals surface area contributed by atoms with Crippen molar-refractivity contribution in [1.29, 1.82) is 0 Å². The molecule has 4 heteroatoms. The molecule has 2 N–H and O–H groups in total. The lowest BCUT2D eigenvalue weighted by Crippen LogP contribution is -2.52. The summed E-state index contributed by atoms with van der Waals surface area (Å²) < 4.78 is 0. The predicted octanol–water partition coefficient (Wildman–Crippen LogP) is 3.26. The van der Waals surface area contributed by atoms with Gasteiger partial charge in [-0.05, 0) is 59.0 Å². The second-order valence-corrected chi connectivity index (χ2v) is 6.75. The molecule has 1 aliphatic carbocycles. The lowest BCUT2D eigenvalue weighted by molar-refractivity contribution is -0.144. The molecule has 0 saturated heterocycles. The van der Waals surface area contributed by atoms with Crippen LogP contribution < -0.4 is 5.32 Å². The molecule has 1 saturated carbocycles. The van der Waals surface area contributed by atoms with Crippen molar-refractivity contribution in [2.75, 3.05) is 13.1 Å². The summed E-state index contributed by atoms with van der Waals surface area (Å²) in [6, 6.07) is 0.893. The lowest BCUT2D eigenvalue weighted by Gasteiger charge is -2.34. The summed E-state index contributed by atoms with van der Waals surface area (Å²) in [5.41, 5.74) is -0.696. The normalized spacial score (nSPS) is 25.9. The fraction of sp³-hybridized carbons (Fsp3) is 0.941. The van der Waals surface area contributed by atoms with Crippen molar-refractivity contribution in [2.24, 2.45) is 0 Å². The van der Waals surface area contributed by atoms with E-state index in [1.807, 2.05) is 0 Å². The minimum Gasteiger partial charge on any atom is -0.480 e. The van der Waals surface area contributed by atoms with Crippen LogP contribution in [0.2, 0.25) is 0 Å². The zero-order valence-electron chi connectivity index (χ0n) is 14.3. The van der Waals surface area contributed by atoms with Crippen molar-refractivity contribution >= 4 is 5.97 Å². The minimum atomic E-state index is -0.696. The van der Waals surface area contributed by atoms with Gasteiger partial charge in [-0.25, -0.2) is 0 Å². The average molecular weight is 298 g/mol. The second kappa shape index (κ2) is 8.74. The van der Waals surface area contributed by atoms with Gasteiger partial charge in [-0.3, -0.25) is 9.69 Å². The number of carbonyl (C=O) groups is 1. The molecule has 0 spiro atoms. The van der Waals surface area contributed by atoms with Crippen molar-refractivity contribution < 1.29 is 9.90 Å². The first-order chi connectivity index (χ1) is 9.96. The van der Waals surface area contributed by atoms with Crippen LogP contribution in [0, 0.1) is 0 Å². The summed E-state index contributed by atoms with van der Waals surface area (Å²) in [6.07, 6.45) is 7.17. The number of aliphatic carboxylic acids is 1. The molecule has 0 radical (unpaired) electrons. The third-order valence-corrected chi connectivity index (χ3v) is 4.76. The summed E-state index contributed by atoms with van der Waals surface area (Å²) in [4.78, 5) is 14.3. The molecule has 1 rings (SSSR count). The van der Waals surface area contributed by atoms with E-state index in [2.05, 4.69) is 37.9 Å². The topological polar surface area (TPSA) is 52.6 Å². The molecule has 0 heterocycles. The van der Waals surface area contributed by atoms with Crippen LogP contribution in [-0.4, -0.2) is 46.7 Å². The van der Waals surface area contributed by atoms with Gasteiger partial charge in [-0.2, -0.15) is 0 Å². The molecule has 0 bridgehead atoms. The highest BCUT2D eigenvalue weighted by molar-refractivity contribution is 5.79. The molecule has 0 aliphatic heterocycles. The third kappa shape index (κ3) is 4.96. The largest absolute Gasteiger partial charge is 0.480 e. The second-order valence-electron chi connectivity index (χ2n) is 6.75. The minimum absolute atomic E-state index is 0.405. The van der Waals surface area contributed by atoms with E-state index in [0.717, 1.165) is 38.8 Å². The molecule has 0 aromatic rings. The van der Waals surface area contributed by atoms with Crippen LogP contribution in [0.5, 0.6) is 0 Å². The van der Waals surface area contributed by atoms with E-state index in [1.54, 1.807) is 0 Å². The Morgan fingerprint density at radius 2 is 2.05 bits per heavy atom. The highest BCUT2D eigenvalue weighted by Crippen LogP contribution is 2.34. The maximum atomic E-state index is 11.7. The quantitative estimate of drug-likeness (QED) is 0.608. The van der Waals surface area contributed by atoms with Crippen LogP contribution in [0.1, 0.15) is 72.6 Å². The number of nitrogens with zero attached hydrogens (tertiary/aromatic N) is 1. The van der Waals surface area contributed by atoms with Crippen LogP contribution in [0.4, 0.5) is 0 Å². The molecule has 1 aliphatic rings. The van der Waals surface area contributed by atoms with Gasteiger partial charge >= 0.3 is 5.97 Å². The van der Waals surface area contributed by atoms with Gasteiger partial charge in [0.2, 0.25) is 0 Å². The molecular weight excluding hydrogens is 264 g/mol. The van der Waals surface area contributed by atoms with Gasteiger partial charge < -0.3 is 10.4 Å². The Kier molecular flexibility index (Phi) is 7.67. The van der Waals surface area contributed by atoms with Crippen LogP contribution in [0.25, 0.3) is 0 Å². The standard InChI is InChI=1S/C17H34N2O2/c1-5-7-8-12-19(14(3)4)15-9-10-17(13-15,16(20)21)18-11-6-2/h14-15,18H,5-13H2,1-4H3,(H,20,21). The van der Waals surface area contributed by atoms with Crippen LogP contribution in [0.15, 0.2) is 0 Å². The van der Waals surface area contributed by atoms with E-state index in [1.165, 1.54) is 19.3 Å². The molecular formula is C17H34N2O2. The fourth-order valence-corrected chi connectivity index (χ4v) is 3.50. The Bertz CT molecular complexity index is 320. The first-order valence-corrected chi connectivity index (χ1v) is 8.71. The highest BCUT2D eigenvalue weighted by atomic mass is 16.4. The van der Waals surface area contributed by atoms with Gasteiger partial charge in [0.15, 0.2) is 0 Å². The Hall–Kier alpha value is -0.610. The Morgan fingerprint density at radius 3 is 2.57 bits per heavy atom. The van der Waals surface area contributed by atoms with Crippen molar-refractivity contribution in [3.05, 3.63) is 0 Å². The van der Waals surface area contributed by atoms with E-state index < -0.39 is 11.5 Å². The van der Waals surface area contributed by atoms with Gasteiger partial charge in [-0.15, -0.1) is 0 Å².